The van der Waals surface area contributed by atoms with E-state index in [0.29, 0.717) is 4.90 Å². The molecule has 0 aliphatic carbocycles. The summed E-state index contributed by atoms with van der Waals surface area (Å²) in [4.78, 5) is 46.7. The van der Waals surface area contributed by atoms with Crippen molar-refractivity contribution in [3.05, 3.63) is 35.4 Å². The van der Waals surface area contributed by atoms with Gasteiger partial charge in [0, 0.05) is 0 Å². The Kier molecular flexibility index (Phi) is 3.04. The van der Waals surface area contributed by atoms with E-state index in [-0.39, 0.29) is 11.1 Å². The maximum absolute atomic E-state index is 12.0. The number of carboxylic acids is 1. The van der Waals surface area contributed by atoms with Crippen molar-refractivity contribution >= 4 is 23.7 Å². The summed E-state index contributed by atoms with van der Waals surface area (Å²) in [6, 6.07) is 4.54. The summed E-state index contributed by atoms with van der Waals surface area (Å²) in [7, 11) is 0. The molecule has 98 valence electrons. The summed E-state index contributed by atoms with van der Waals surface area (Å²) in [5, 5.41) is 8.73. The maximum Gasteiger partial charge on any atom is 0.306 e. The predicted octanol–water partition coefficient (Wildman–Crippen LogP) is -0.389. The normalized spacial score (nSPS) is 15.3. The lowest BCUT2D eigenvalue weighted by molar-refractivity contribution is -0.140. The zero-order valence-electron chi connectivity index (χ0n) is 9.70. The van der Waals surface area contributed by atoms with Gasteiger partial charge in [-0.05, 0) is 12.1 Å². The molecule has 0 fully saturated rings. The van der Waals surface area contributed by atoms with Gasteiger partial charge in [-0.1, -0.05) is 12.1 Å². The Morgan fingerprint density at radius 1 is 1.16 bits per heavy atom. The van der Waals surface area contributed by atoms with Gasteiger partial charge in [-0.3, -0.25) is 24.1 Å². The van der Waals surface area contributed by atoms with Crippen LogP contribution < -0.4 is 5.73 Å². The van der Waals surface area contributed by atoms with Crippen molar-refractivity contribution in [3.8, 4) is 0 Å². The van der Waals surface area contributed by atoms with Crippen molar-refractivity contribution in [2.75, 3.05) is 0 Å². The highest BCUT2D eigenvalue weighted by Crippen LogP contribution is 2.25. The second-order valence-corrected chi connectivity index (χ2v) is 4.04. The Morgan fingerprint density at radius 2 is 1.63 bits per heavy atom. The molecule has 1 atom stereocenters. The SMILES string of the molecule is NC(=O)C(CC(=O)O)N1C(=O)c2ccccc2C1=O. The fourth-order valence-corrected chi connectivity index (χ4v) is 1.98. The van der Waals surface area contributed by atoms with Crippen LogP contribution in [0.15, 0.2) is 24.3 Å². The number of rotatable bonds is 4. The number of nitrogens with zero attached hydrogens (tertiary/aromatic N) is 1. The van der Waals surface area contributed by atoms with E-state index in [4.69, 9.17) is 10.8 Å². The maximum atomic E-state index is 12.0. The summed E-state index contributed by atoms with van der Waals surface area (Å²) in [6.45, 7) is 0. The minimum Gasteiger partial charge on any atom is -0.481 e. The lowest BCUT2D eigenvalue weighted by Crippen LogP contribution is -2.48. The van der Waals surface area contributed by atoms with E-state index in [9.17, 15) is 19.2 Å². The minimum absolute atomic E-state index is 0.143. The largest absolute Gasteiger partial charge is 0.481 e. The molecule has 2 rings (SSSR count). The fraction of sp³-hybridized carbons (Fsp3) is 0.167. The standard InChI is InChI=1S/C12H10N2O5/c13-10(17)8(5-9(15)16)14-11(18)6-3-1-2-4-7(6)12(14)19/h1-4,8H,5H2,(H2,13,17)(H,15,16). The van der Waals surface area contributed by atoms with Crippen LogP contribution in [-0.4, -0.2) is 39.7 Å². The highest BCUT2D eigenvalue weighted by atomic mass is 16.4. The molecule has 1 aromatic rings. The number of aliphatic carboxylic acids is 1. The van der Waals surface area contributed by atoms with Gasteiger partial charge in [-0.15, -0.1) is 0 Å². The third-order valence-corrected chi connectivity index (χ3v) is 2.83. The fourth-order valence-electron chi connectivity index (χ4n) is 1.98. The quantitative estimate of drug-likeness (QED) is 0.716. The first-order chi connectivity index (χ1) is 8.93. The van der Waals surface area contributed by atoms with Crippen LogP contribution in [0.3, 0.4) is 0 Å². The Bertz CT molecular complexity index is 561. The number of amides is 3. The molecule has 0 saturated heterocycles. The second-order valence-electron chi connectivity index (χ2n) is 4.04. The number of nitrogens with two attached hydrogens (primary N) is 1. The van der Waals surface area contributed by atoms with Gasteiger partial charge in [0.25, 0.3) is 11.8 Å². The van der Waals surface area contributed by atoms with Gasteiger partial charge >= 0.3 is 5.97 Å². The molecule has 19 heavy (non-hydrogen) atoms. The van der Waals surface area contributed by atoms with E-state index in [1.807, 2.05) is 0 Å². The first-order valence-corrected chi connectivity index (χ1v) is 5.41. The number of fused-ring (bicyclic) bond motifs is 1. The molecule has 3 amide bonds. The molecular formula is C12H10N2O5. The van der Waals surface area contributed by atoms with Crippen molar-refractivity contribution in [1.29, 1.82) is 0 Å². The van der Waals surface area contributed by atoms with Gasteiger partial charge in [-0.2, -0.15) is 0 Å². The Hall–Kier alpha value is -2.70. The molecule has 1 aliphatic heterocycles. The highest BCUT2D eigenvalue weighted by Gasteiger charge is 2.42. The van der Waals surface area contributed by atoms with Gasteiger partial charge in [-0.25, -0.2) is 0 Å². The number of hydrogen-bond donors (Lipinski definition) is 2. The van der Waals surface area contributed by atoms with Gasteiger partial charge < -0.3 is 10.8 Å². The van der Waals surface area contributed by atoms with Gasteiger partial charge in [0.15, 0.2) is 0 Å². The summed E-state index contributed by atoms with van der Waals surface area (Å²) in [5.74, 6) is -3.76. The minimum atomic E-state index is -1.48. The predicted molar refractivity (Wildman–Crippen MR) is 62.2 cm³/mol. The molecule has 0 bridgehead atoms. The molecule has 1 heterocycles. The Morgan fingerprint density at radius 3 is 2.00 bits per heavy atom. The smallest absolute Gasteiger partial charge is 0.306 e. The molecule has 3 N–H and O–H groups in total. The zero-order valence-corrected chi connectivity index (χ0v) is 9.70. The average molecular weight is 262 g/mol. The Balaban J connectivity index is 2.42. The second kappa shape index (κ2) is 4.52. The Labute approximate surface area is 107 Å². The lowest BCUT2D eigenvalue weighted by Gasteiger charge is -2.21. The molecule has 0 radical (unpaired) electrons. The topological polar surface area (TPSA) is 118 Å². The number of carbonyl (C=O) groups is 4. The zero-order chi connectivity index (χ0) is 14.2. The lowest BCUT2D eigenvalue weighted by atomic mass is 10.1. The highest BCUT2D eigenvalue weighted by molar-refractivity contribution is 6.23. The van der Waals surface area contributed by atoms with Crippen molar-refractivity contribution in [1.82, 2.24) is 4.90 Å². The number of imide groups is 1. The first-order valence-electron chi connectivity index (χ1n) is 5.41. The van der Waals surface area contributed by atoms with Crippen molar-refractivity contribution in [2.24, 2.45) is 5.73 Å². The number of primary amides is 1. The monoisotopic (exact) mass is 262 g/mol. The van der Waals surface area contributed by atoms with Crippen molar-refractivity contribution < 1.29 is 24.3 Å². The van der Waals surface area contributed by atoms with Gasteiger partial charge in [0.05, 0.1) is 17.5 Å². The first kappa shape index (κ1) is 12.7. The van der Waals surface area contributed by atoms with Crippen LogP contribution in [0.2, 0.25) is 0 Å². The number of benzene rings is 1. The molecular weight excluding hydrogens is 252 g/mol. The van der Waals surface area contributed by atoms with E-state index in [2.05, 4.69) is 0 Å². The number of carbonyl (C=O) groups excluding carboxylic acids is 3. The van der Waals surface area contributed by atoms with E-state index in [1.54, 1.807) is 12.1 Å². The van der Waals surface area contributed by atoms with Crippen LogP contribution in [-0.2, 0) is 9.59 Å². The summed E-state index contributed by atoms with van der Waals surface area (Å²) < 4.78 is 0. The average Bonchev–Trinajstić information content (AvgIpc) is 2.60. The molecule has 7 heteroatoms. The summed E-state index contributed by atoms with van der Waals surface area (Å²) in [6.07, 6.45) is -0.708. The van der Waals surface area contributed by atoms with Gasteiger partial charge in [0.2, 0.25) is 5.91 Å². The summed E-state index contributed by atoms with van der Waals surface area (Å²) >= 11 is 0. The number of carboxylic acid groups (broad SMARTS) is 1. The summed E-state index contributed by atoms with van der Waals surface area (Å²) in [5.41, 5.74) is 5.36. The molecule has 7 nitrogen and oxygen atoms in total. The van der Waals surface area contributed by atoms with Crippen LogP contribution in [0.4, 0.5) is 0 Å². The van der Waals surface area contributed by atoms with Crippen LogP contribution in [0.5, 0.6) is 0 Å². The molecule has 1 aliphatic rings. The molecule has 0 aromatic heterocycles. The molecule has 0 spiro atoms. The van der Waals surface area contributed by atoms with Crippen LogP contribution in [0, 0.1) is 0 Å². The van der Waals surface area contributed by atoms with E-state index < -0.39 is 36.2 Å². The van der Waals surface area contributed by atoms with Gasteiger partial charge in [0.1, 0.15) is 6.04 Å². The van der Waals surface area contributed by atoms with E-state index >= 15 is 0 Å². The number of hydrogen-bond acceptors (Lipinski definition) is 4. The third-order valence-electron chi connectivity index (χ3n) is 2.83. The third kappa shape index (κ3) is 2.05. The van der Waals surface area contributed by atoms with Crippen molar-refractivity contribution in [3.63, 3.8) is 0 Å². The molecule has 1 aromatic carbocycles. The van der Waals surface area contributed by atoms with Crippen LogP contribution in [0.1, 0.15) is 27.1 Å². The van der Waals surface area contributed by atoms with E-state index in [0.717, 1.165) is 0 Å². The van der Waals surface area contributed by atoms with E-state index in [1.165, 1.54) is 12.1 Å². The van der Waals surface area contributed by atoms with Crippen LogP contribution in [0.25, 0.3) is 0 Å². The van der Waals surface area contributed by atoms with Crippen LogP contribution >= 0.6 is 0 Å². The molecule has 0 saturated carbocycles. The molecule has 1 unspecified atom stereocenters. The van der Waals surface area contributed by atoms with Crippen molar-refractivity contribution in [2.45, 2.75) is 12.5 Å².